The van der Waals surface area contributed by atoms with Crippen LogP contribution in [0.2, 0.25) is 0 Å². The standard InChI is InChI=1S/C25H28N6O6S2/c1-4-37-24(34)20-17-7-5-6-8-18(17)39-23(20)27-21(32)14(2)38-25-29-28-19(30(25)3)13-26-22(33)15-9-11-16(12-10-15)31(35)36/h9-12,14H,4-8,13H2,1-3H3,(H,26,33)(H,27,32)/t14-/m1/s1. The van der Waals surface area contributed by atoms with Gasteiger partial charge in [0.25, 0.3) is 11.6 Å². The number of benzene rings is 1. The van der Waals surface area contributed by atoms with Crippen molar-refractivity contribution in [3.8, 4) is 0 Å². The van der Waals surface area contributed by atoms with Crippen molar-refractivity contribution in [2.45, 2.75) is 56.5 Å². The van der Waals surface area contributed by atoms with Gasteiger partial charge in [-0.2, -0.15) is 0 Å². The highest BCUT2D eigenvalue weighted by Gasteiger charge is 2.29. The summed E-state index contributed by atoms with van der Waals surface area (Å²) < 4.78 is 6.94. The number of anilines is 1. The van der Waals surface area contributed by atoms with E-state index in [1.807, 2.05) is 0 Å². The molecule has 3 aromatic rings. The normalized spacial score (nSPS) is 13.3. The first-order chi connectivity index (χ1) is 18.7. The number of hydrogen-bond acceptors (Lipinski definition) is 10. The second-order valence-corrected chi connectivity index (χ2v) is 11.2. The van der Waals surface area contributed by atoms with Crippen LogP contribution < -0.4 is 10.6 Å². The molecule has 2 N–H and O–H groups in total. The van der Waals surface area contributed by atoms with Crippen LogP contribution in [0.1, 0.15) is 63.7 Å². The van der Waals surface area contributed by atoms with Crippen molar-refractivity contribution in [1.82, 2.24) is 20.1 Å². The zero-order chi connectivity index (χ0) is 28.1. The number of fused-ring (bicyclic) bond motifs is 1. The molecule has 0 saturated carbocycles. The summed E-state index contributed by atoms with van der Waals surface area (Å²) in [6.45, 7) is 3.82. The van der Waals surface area contributed by atoms with Crippen molar-refractivity contribution in [3.63, 3.8) is 0 Å². The van der Waals surface area contributed by atoms with E-state index in [9.17, 15) is 24.5 Å². The molecule has 0 fully saturated rings. The van der Waals surface area contributed by atoms with Gasteiger partial charge in [0, 0.05) is 29.6 Å². The number of thioether (sulfide) groups is 1. The van der Waals surface area contributed by atoms with Crippen molar-refractivity contribution < 1.29 is 24.0 Å². The van der Waals surface area contributed by atoms with Crippen molar-refractivity contribution in [2.75, 3.05) is 11.9 Å². The number of ether oxygens (including phenoxy) is 1. The lowest BCUT2D eigenvalue weighted by Crippen LogP contribution is -2.25. The van der Waals surface area contributed by atoms with Crippen molar-refractivity contribution in [3.05, 3.63) is 61.8 Å². The van der Waals surface area contributed by atoms with Crippen LogP contribution in [0.25, 0.3) is 0 Å². The topological polar surface area (TPSA) is 158 Å². The molecule has 0 bridgehead atoms. The third kappa shape index (κ3) is 6.45. The lowest BCUT2D eigenvalue weighted by molar-refractivity contribution is -0.384. The molecule has 39 heavy (non-hydrogen) atoms. The molecule has 0 spiro atoms. The number of thiophene rings is 1. The van der Waals surface area contributed by atoms with Gasteiger partial charge < -0.3 is 19.9 Å². The highest BCUT2D eigenvalue weighted by atomic mass is 32.2. The summed E-state index contributed by atoms with van der Waals surface area (Å²) in [6.07, 6.45) is 3.73. The van der Waals surface area contributed by atoms with E-state index >= 15 is 0 Å². The first-order valence-corrected chi connectivity index (χ1v) is 14.1. The maximum atomic E-state index is 13.1. The van der Waals surface area contributed by atoms with Crippen LogP contribution in [0, 0.1) is 10.1 Å². The molecule has 1 aliphatic rings. The minimum Gasteiger partial charge on any atom is -0.462 e. The first kappa shape index (κ1) is 28.2. The van der Waals surface area contributed by atoms with E-state index in [1.54, 1.807) is 25.5 Å². The zero-order valence-corrected chi connectivity index (χ0v) is 23.3. The minimum atomic E-state index is -0.551. The largest absolute Gasteiger partial charge is 0.462 e. The zero-order valence-electron chi connectivity index (χ0n) is 21.7. The molecular weight excluding hydrogens is 544 g/mol. The van der Waals surface area contributed by atoms with E-state index in [0.717, 1.165) is 36.1 Å². The number of rotatable bonds is 10. The molecule has 0 radical (unpaired) electrons. The number of non-ortho nitro benzene ring substituents is 1. The second-order valence-electron chi connectivity index (χ2n) is 8.83. The Kier molecular flexibility index (Phi) is 8.97. The number of esters is 1. The molecule has 2 heterocycles. The molecule has 0 unspecified atom stereocenters. The van der Waals surface area contributed by atoms with Gasteiger partial charge in [0.1, 0.15) is 5.00 Å². The molecule has 4 rings (SSSR count). The molecule has 1 atom stereocenters. The summed E-state index contributed by atoms with van der Waals surface area (Å²) >= 11 is 2.64. The predicted molar refractivity (Wildman–Crippen MR) is 146 cm³/mol. The fraction of sp³-hybridized carbons (Fsp3) is 0.400. The van der Waals surface area contributed by atoms with E-state index < -0.39 is 22.0 Å². The van der Waals surface area contributed by atoms with Crippen LogP contribution >= 0.6 is 23.1 Å². The second kappa shape index (κ2) is 12.4. The third-order valence-electron chi connectivity index (χ3n) is 6.21. The number of amides is 2. The Morgan fingerprint density at radius 2 is 1.92 bits per heavy atom. The first-order valence-electron chi connectivity index (χ1n) is 12.4. The Hall–Kier alpha value is -3.78. The van der Waals surface area contributed by atoms with Gasteiger partial charge in [0.15, 0.2) is 11.0 Å². The van der Waals surface area contributed by atoms with Crippen LogP contribution in [-0.2, 0) is 36.0 Å². The molecule has 206 valence electrons. The third-order valence-corrected chi connectivity index (χ3v) is 8.55. The highest BCUT2D eigenvalue weighted by Crippen LogP contribution is 2.39. The number of nitro benzene ring substituents is 1. The fourth-order valence-electron chi connectivity index (χ4n) is 4.10. The Balaban J connectivity index is 1.38. The Morgan fingerprint density at radius 3 is 2.62 bits per heavy atom. The van der Waals surface area contributed by atoms with Crippen LogP contribution in [-0.4, -0.2) is 49.3 Å². The molecule has 0 aliphatic heterocycles. The summed E-state index contributed by atoms with van der Waals surface area (Å²) in [5.41, 5.74) is 1.62. The van der Waals surface area contributed by atoms with E-state index in [1.165, 1.54) is 47.4 Å². The van der Waals surface area contributed by atoms with Gasteiger partial charge >= 0.3 is 5.97 Å². The van der Waals surface area contributed by atoms with Gasteiger partial charge in [0.2, 0.25) is 5.91 Å². The Labute approximate surface area is 232 Å². The smallest absolute Gasteiger partial charge is 0.341 e. The number of carbonyl (C=O) groups is 3. The van der Waals surface area contributed by atoms with Crippen LogP contribution in [0.4, 0.5) is 10.7 Å². The number of aromatic nitrogens is 3. The van der Waals surface area contributed by atoms with E-state index in [0.29, 0.717) is 21.5 Å². The van der Waals surface area contributed by atoms with E-state index in [4.69, 9.17) is 4.74 Å². The molecule has 12 nitrogen and oxygen atoms in total. The average molecular weight is 573 g/mol. The number of nitrogens with one attached hydrogen (secondary N) is 2. The monoisotopic (exact) mass is 572 g/mol. The fourth-order valence-corrected chi connectivity index (χ4v) is 6.21. The number of carbonyl (C=O) groups excluding carboxylic acids is 3. The number of aryl methyl sites for hydroxylation is 1. The maximum absolute atomic E-state index is 13.1. The van der Waals surface area contributed by atoms with Crippen LogP contribution in [0.5, 0.6) is 0 Å². The van der Waals surface area contributed by atoms with E-state index in [-0.39, 0.29) is 30.3 Å². The maximum Gasteiger partial charge on any atom is 0.341 e. The van der Waals surface area contributed by atoms with Gasteiger partial charge in [-0.1, -0.05) is 11.8 Å². The molecule has 1 aromatic carbocycles. The van der Waals surface area contributed by atoms with Crippen molar-refractivity contribution in [1.29, 1.82) is 0 Å². The number of nitrogens with zero attached hydrogens (tertiary/aromatic N) is 4. The van der Waals surface area contributed by atoms with E-state index in [2.05, 4.69) is 20.8 Å². The highest BCUT2D eigenvalue weighted by molar-refractivity contribution is 8.00. The Morgan fingerprint density at radius 1 is 1.21 bits per heavy atom. The van der Waals surface area contributed by atoms with Gasteiger partial charge in [-0.05, 0) is 57.2 Å². The summed E-state index contributed by atoms with van der Waals surface area (Å²) in [5.74, 6) is -0.636. The number of nitro groups is 1. The van der Waals surface area contributed by atoms with Gasteiger partial charge in [0.05, 0.1) is 28.9 Å². The summed E-state index contributed by atoms with van der Waals surface area (Å²) in [4.78, 5) is 49.6. The van der Waals surface area contributed by atoms with Gasteiger partial charge in [-0.25, -0.2) is 4.79 Å². The van der Waals surface area contributed by atoms with Gasteiger partial charge in [-0.15, -0.1) is 21.5 Å². The lowest BCUT2D eigenvalue weighted by Gasteiger charge is -2.13. The Bertz CT molecular complexity index is 1400. The predicted octanol–water partition coefficient (Wildman–Crippen LogP) is 3.89. The van der Waals surface area contributed by atoms with Crippen molar-refractivity contribution >= 4 is 51.6 Å². The molecule has 2 amide bonds. The summed E-state index contributed by atoms with van der Waals surface area (Å²) in [6, 6.07) is 5.28. The SMILES string of the molecule is CCOC(=O)c1c(NC(=O)[C@@H](C)Sc2nnc(CNC(=O)c3ccc([N+](=O)[O-])cc3)n2C)sc2c1CCCC2. The van der Waals surface area contributed by atoms with Crippen LogP contribution in [0.3, 0.4) is 0 Å². The molecule has 1 aliphatic carbocycles. The minimum absolute atomic E-state index is 0.0735. The van der Waals surface area contributed by atoms with Gasteiger partial charge in [-0.3, -0.25) is 19.7 Å². The summed E-state index contributed by atoms with van der Waals surface area (Å²) in [7, 11) is 1.73. The lowest BCUT2D eigenvalue weighted by atomic mass is 9.95. The molecule has 0 saturated heterocycles. The molecule has 14 heteroatoms. The quantitative estimate of drug-likeness (QED) is 0.159. The average Bonchev–Trinajstić information content (AvgIpc) is 3.46. The molecular formula is C25H28N6O6S2. The summed E-state index contributed by atoms with van der Waals surface area (Å²) in [5, 5.41) is 25.1. The van der Waals surface area contributed by atoms with Crippen LogP contribution in [0.15, 0.2) is 29.4 Å². The molecule has 2 aromatic heterocycles. The number of hydrogen-bond donors (Lipinski definition) is 2. The van der Waals surface area contributed by atoms with Crippen molar-refractivity contribution in [2.24, 2.45) is 7.05 Å².